The summed E-state index contributed by atoms with van der Waals surface area (Å²) in [4.78, 5) is 10.7. The minimum atomic E-state index is -1.15. The van der Waals surface area contributed by atoms with Gasteiger partial charge in [-0.05, 0) is 30.2 Å². The minimum absolute atomic E-state index is 0.153. The van der Waals surface area contributed by atoms with Crippen LogP contribution in [-0.4, -0.2) is 16.2 Å². The minimum Gasteiger partial charge on any atom is -0.487 e. The number of aryl methyl sites for hydroxylation is 1. The first-order chi connectivity index (χ1) is 11.1. The van der Waals surface area contributed by atoms with Gasteiger partial charge in [0, 0.05) is 6.07 Å². The van der Waals surface area contributed by atoms with E-state index in [9.17, 15) is 4.79 Å². The number of hydrogen-bond acceptors (Lipinski definition) is 4. The van der Waals surface area contributed by atoms with E-state index in [1.807, 2.05) is 24.3 Å². The van der Waals surface area contributed by atoms with Gasteiger partial charge in [0.1, 0.15) is 18.1 Å². The highest BCUT2D eigenvalue weighted by molar-refractivity contribution is 5.84. The van der Waals surface area contributed by atoms with Crippen molar-refractivity contribution in [2.75, 3.05) is 0 Å². The molecular weight excluding hydrogens is 294 g/mol. The predicted molar refractivity (Wildman–Crippen MR) is 84.4 cm³/mol. The number of rotatable bonds is 5. The number of hydrogen-bond donors (Lipinski definition) is 1. The lowest BCUT2D eigenvalue weighted by Gasteiger charge is -2.06. The fourth-order valence-corrected chi connectivity index (χ4v) is 2.13. The summed E-state index contributed by atoms with van der Waals surface area (Å²) in [5.74, 6) is -0.662. The molecule has 0 amide bonds. The Hall–Kier alpha value is -3.08. The lowest BCUT2D eigenvalue weighted by molar-refractivity contribution is 0.0651. The second-order valence-corrected chi connectivity index (χ2v) is 5.17. The van der Waals surface area contributed by atoms with Gasteiger partial charge in [0.2, 0.25) is 5.76 Å². The number of carbonyl (C=O) groups is 1. The third-order valence-electron chi connectivity index (χ3n) is 3.40. The van der Waals surface area contributed by atoms with E-state index in [0.717, 1.165) is 11.1 Å². The van der Waals surface area contributed by atoms with Crippen LogP contribution in [0.15, 0.2) is 59.1 Å². The van der Waals surface area contributed by atoms with Crippen molar-refractivity contribution in [2.24, 2.45) is 0 Å². The standard InChI is InChI=1S/C18H15NO4/c1-12-2-4-13(5-3-12)14-6-8-16(9-7-14)22-11-15-10-17(18(20)21)23-19-15/h2-10H,11H2,1H3,(H,20,21). The molecule has 1 heterocycles. The first-order valence-electron chi connectivity index (χ1n) is 7.10. The highest BCUT2D eigenvalue weighted by Crippen LogP contribution is 2.23. The van der Waals surface area contributed by atoms with Crippen LogP contribution in [0.1, 0.15) is 21.8 Å². The molecule has 0 aliphatic heterocycles. The number of carboxylic acid groups (broad SMARTS) is 1. The highest BCUT2D eigenvalue weighted by Gasteiger charge is 2.11. The van der Waals surface area contributed by atoms with E-state index in [2.05, 4.69) is 40.9 Å². The lowest BCUT2D eigenvalue weighted by Crippen LogP contribution is -1.96. The van der Waals surface area contributed by atoms with Gasteiger partial charge >= 0.3 is 5.97 Å². The van der Waals surface area contributed by atoms with E-state index in [1.165, 1.54) is 11.6 Å². The average Bonchev–Trinajstić information content (AvgIpc) is 3.04. The molecular formula is C18H15NO4. The third kappa shape index (κ3) is 3.58. The van der Waals surface area contributed by atoms with Gasteiger partial charge in [-0.25, -0.2) is 4.79 Å². The van der Waals surface area contributed by atoms with Crippen LogP contribution in [0.4, 0.5) is 0 Å². The molecule has 0 saturated carbocycles. The molecule has 0 saturated heterocycles. The maximum atomic E-state index is 10.7. The van der Waals surface area contributed by atoms with Gasteiger partial charge in [-0.1, -0.05) is 47.1 Å². The molecule has 3 aromatic rings. The van der Waals surface area contributed by atoms with Crippen molar-refractivity contribution in [3.05, 3.63) is 71.6 Å². The topological polar surface area (TPSA) is 72.6 Å². The molecule has 0 bridgehead atoms. The smallest absolute Gasteiger partial charge is 0.374 e. The molecule has 1 N–H and O–H groups in total. The zero-order chi connectivity index (χ0) is 16.2. The molecule has 0 aliphatic carbocycles. The van der Waals surface area contributed by atoms with Crippen LogP contribution < -0.4 is 4.74 Å². The summed E-state index contributed by atoms with van der Waals surface area (Å²) < 4.78 is 10.3. The fourth-order valence-electron chi connectivity index (χ4n) is 2.13. The van der Waals surface area contributed by atoms with Crippen LogP contribution in [0.5, 0.6) is 5.75 Å². The predicted octanol–water partition coefficient (Wildman–Crippen LogP) is 3.93. The Morgan fingerprint density at radius 2 is 1.70 bits per heavy atom. The number of ether oxygens (including phenoxy) is 1. The van der Waals surface area contributed by atoms with Crippen molar-refractivity contribution in [1.82, 2.24) is 5.16 Å². The van der Waals surface area contributed by atoms with Crippen molar-refractivity contribution in [3.8, 4) is 16.9 Å². The van der Waals surface area contributed by atoms with Crippen LogP contribution in [0.2, 0.25) is 0 Å². The van der Waals surface area contributed by atoms with E-state index >= 15 is 0 Å². The summed E-state index contributed by atoms with van der Waals surface area (Å²) in [7, 11) is 0. The number of aromatic carboxylic acids is 1. The summed E-state index contributed by atoms with van der Waals surface area (Å²) in [6.07, 6.45) is 0. The second kappa shape index (κ2) is 6.36. The number of carboxylic acids is 1. The second-order valence-electron chi connectivity index (χ2n) is 5.17. The SMILES string of the molecule is Cc1ccc(-c2ccc(OCc3cc(C(=O)O)on3)cc2)cc1. The number of aromatic nitrogens is 1. The van der Waals surface area contributed by atoms with E-state index in [1.54, 1.807) is 0 Å². The van der Waals surface area contributed by atoms with Gasteiger partial charge in [-0.15, -0.1) is 0 Å². The molecule has 116 valence electrons. The molecule has 23 heavy (non-hydrogen) atoms. The quantitative estimate of drug-likeness (QED) is 0.773. The van der Waals surface area contributed by atoms with E-state index < -0.39 is 5.97 Å². The maximum Gasteiger partial charge on any atom is 0.374 e. The van der Waals surface area contributed by atoms with Gasteiger partial charge < -0.3 is 14.4 Å². The maximum absolute atomic E-state index is 10.7. The highest BCUT2D eigenvalue weighted by atomic mass is 16.5. The first-order valence-corrected chi connectivity index (χ1v) is 7.10. The molecule has 5 heteroatoms. The summed E-state index contributed by atoms with van der Waals surface area (Å²) in [6.45, 7) is 2.21. The molecule has 0 fully saturated rings. The van der Waals surface area contributed by atoms with Crippen LogP contribution in [0, 0.1) is 6.92 Å². The molecule has 5 nitrogen and oxygen atoms in total. The largest absolute Gasteiger partial charge is 0.487 e. The Morgan fingerprint density at radius 1 is 1.09 bits per heavy atom. The number of nitrogens with zero attached hydrogens (tertiary/aromatic N) is 1. The molecule has 1 aromatic heterocycles. The van der Waals surface area contributed by atoms with Gasteiger partial charge in [-0.2, -0.15) is 0 Å². The van der Waals surface area contributed by atoms with Gasteiger partial charge in [0.25, 0.3) is 0 Å². The van der Waals surface area contributed by atoms with Crippen molar-refractivity contribution in [1.29, 1.82) is 0 Å². The lowest BCUT2D eigenvalue weighted by atomic mass is 10.0. The molecule has 0 spiro atoms. The van der Waals surface area contributed by atoms with Crippen LogP contribution in [0.3, 0.4) is 0 Å². The van der Waals surface area contributed by atoms with Gasteiger partial charge in [0.15, 0.2) is 0 Å². The van der Waals surface area contributed by atoms with Crippen LogP contribution in [0.25, 0.3) is 11.1 Å². The normalized spacial score (nSPS) is 10.5. The van der Waals surface area contributed by atoms with Crippen molar-refractivity contribution >= 4 is 5.97 Å². The van der Waals surface area contributed by atoms with Gasteiger partial charge in [0.05, 0.1) is 0 Å². The van der Waals surface area contributed by atoms with E-state index in [-0.39, 0.29) is 12.4 Å². The Bertz CT molecular complexity index is 804. The summed E-state index contributed by atoms with van der Waals surface area (Å²) in [6, 6.07) is 17.3. The third-order valence-corrected chi connectivity index (χ3v) is 3.40. The molecule has 3 rings (SSSR count). The summed E-state index contributed by atoms with van der Waals surface area (Å²) >= 11 is 0. The van der Waals surface area contributed by atoms with Crippen molar-refractivity contribution in [3.63, 3.8) is 0 Å². The monoisotopic (exact) mass is 309 g/mol. The Morgan fingerprint density at radius 3 is 2.26 bits per heavy atom. The fraction of sp³-hybridized carbons (Fsp3) is 0.111. The zero-order valence-corrected chi connectivity index (χ0v) is 12.5. The molecule has 0 radical (unpaired) electrons. The van der Waals surface area contributed by atoms with E-state index in [4.69, 9.17) is 9.84 Å². The Kier molecular flexibility index (Phi) is 4.10. The Balaban J connectivity index is 1.65. The van der Waals surface area contributed by atoms with Crippen LogP contribution >= 0.6 is 0 Å². The average molecular weight is 309 g/mol. The van der Waals surface area contributed by atoms with Crippen molar-refractivity contribution < 1.29 is 19.2 Å². The molecule has 0 unspecified atom stereocenters. The molecule has 2 aromatic carbocycles. The molecule has 0 atom stereocenters. The van der Waals surface area contributed by atoms with Crippen LogP contribution in [-0.2, 0) is 6.61 Å². The van der Waals surface area contributed by atoms with Gasteiger partial charge in [-0.3, -0.25) is 0 Å². The number of benzene rings is 2. The zero-order valence-electron chi connectivity index (χ0n) is 12.5. The van der Waals surface area contributed by atoms with E-state index in [0.29, 0.717) is 11.4 Å². The van der Waals surface area contributed by atoms with Crippen molar-refractivity contribution in [2.45, 2.75) is 13.5 Å². The first kappa shape index (κ1) is 14.8. The summed E-state index contributed by atoms with van der Waals surface area (Å²) in [5.41, 5.74) is 3.91. The molecule has 0 aliphatic rings. The Labute approximate surface area is 133 Å². The summed E-state index contributed by atoms with van der Waals surface area (Å²) in [5, 5.41) is 12.4.